The van der Waals surface area contributed by atoms with Crippen LogP contribution in [-0.4, -0.2) is 12.1 Å². The second kappa shape index (κ2) is 15.7. The molecule has 2 unspecified atom stereocenters. The van der Waals surface area contributed by atoms with Gasteiger partial charge in [-0.15, -0.1) is 0 Å². The van der Waals surface area contributed by atoms with Gasteiger partial charge >= 0.3 is 5.97 Å². The minimum absolute atomic E-state index is 0.0437. The fourth-order valence-corrected chi connectivity index (χ4v) is 4.02. The summed E-state index contributed by atoms with van der Waals surface area (Å²) in [6.45, 7) is 4.55. The monoisotopic (exact) mass is 352 g/mol. The number of carbonyl (C=O) groups excluding carboxylic acids is 1. The topological polar surface area (TPSA) is 26.3 Å². The molecule has 0 aromatic rings. The molecule has 25 heavy (non-hydrogen) atoms. The van der Waals surface area contributed by atoms with Crippen molar-refractivity contribution in [2.75, 3.05) is 0 Å². The van der Waals surface area contributed by atoms with E-state index in [0.717, 1.165) is 25.2 Å². The third kappa shape index (κ3) is 13.3. The van der Waals surface area contributed by atoms with Crippen LogP contribution in [0.4, 0.5) is 0 Å². The maximum Gasteiger partial charge on any atom is 0.306 e. The number of unbranched alkanes of at least 4 members (excludes halogenated alkanes) is 12. The standard InChI is InChI=1S/C23H44O2/c1-3-4-5-6-7-8-9-10-11-12-13-14-15-19-23(24)25-22-18-16-17-21(2)20-22/h21-22H,3-20H2,1-2H3. The Kier molecular flexibility index (Phi) is 14.1. The van der Waals surface area contributed by atoms with E-state index in [9.17, 15) is 4.79 Å². The normalized spacial score (nSPS) is 20.6. The van der Waals surface area contributed by atoms with Crippen LogP contribution < -0.4 is 0 Å². The SMILES string of the molecule is CCCCCCCCCCCCCCCC(=O)OC1CCCC(C)C1. The van der Waals surface area contributed by atoms with Crippen molar-refractivity contribution in [2.45, 2.75) is 136 Å². The molecule has 1 aliphatic carbocycles. The maximum absolute atomic E-state index is 11.9. The van der Waals surface area contributed by atoms with E-state index >= 15 is 0 Å². The first-order chi connectivity index (χ1) is 12.2. The van der Waals surface area contributed by atoms with Gasteiger partial charge in [0, 0.05) is 6.42 Å². The minimum atomic E-state index is 0.0437. The molecule has 0 aromatic heterocycles. The largest absolute Gasteiger partial charge is 0.462 e. The third-order valence-corrected chi connectivity index (χ3v) is 5.67. The van der Waals surface area contributed by atoms with Crippen LogP contribution in [-0.2, 0) is 9.53 Å². The third-order valence-electron chi connectivity index (χ3n) is 5.67. The van der Waals surface area contributed by atoms with Crippen molar-refractivity contribution in [2.24, 2.45) is 5.92 Å². The molecule has 0 radical (unpaired) electrons. The van der Waals surface area contributed by atoms with Crippen LogP contribution in [0, 0.1) is 5.92 Å². The highest BCUT2D eigenvalue weighted by molar-refractivity contribution is 5.69. The van der Waals surface area contributed by atoms with E-state index in [1.54, 1.807) is 0 Å². The second-order valence-corrected chi connectivity index (χ2v) is 8.38. The molecule has 1 fully saturated rings. The highest BCUT2D eigenvalue weighted by atomic mass is 16.5. The van der Waals surface area contributed by atoms with E-state index in [4.69, 9.17) is 4.74 Å². The summed E-state index contributed by atoms with van der Waals surface area (Å²) >= 11 is 0. The van der Waals surface area contributed by atoms with E-state index in [0.29, 0.717) is 6.42 Å². The zero-order valence-corrected chi connectivity index (χ0v) is 17.2. The fraction of sp³-hybridized carbons (Fsp3) is 0.957. The van der Waals surface area contributed by atoms with Gasteiger partial charge in [0.25, 0.3) is 0 Å². The molecule has 2 atom stereocenters. The molecule has 0 amide bonds. The molecular weight excluding hydrogens is 308 g/mol. The molecule has 1 saturated carbocycles. The van der Waals surface area contributed by atoms with E-state index in [1.807, 2.05) is 0 Å². The Bertz CT molecular complexity index is 313. The summed E-state index contributed by atoms with van der Waals surface area (Å²) < 4.78 is 5.63. The predicted octanol–water partition coefficient (Wildman–Crippen LogP) is 7.59. The van der Waals surface area contributed by atoms with Crippen LogP contribution in [0.3, 0.4) is 0 Å². The number of hydrogen-bond donors (Lipinski definition) is 0. The lowest BCUT2D eigenvalue weighted by atomic mass is 9.89. The molecule has 0 spiro atoms. The van der Waals surface area contributed by atoms with E-state index in [1.165, 1.54) is 89.9 Å². The van der Waals surface area contributed by atoms with E-state index < -0.39 is 0 Å². The molecule has 1 aliphatic rings. The number of carbonyl (C=O) groups is 1. The molecule has 0 saturated heterocycles. The van der Waals surface area contributed by atoms with Gasteiger partial charge in [0.05, 0.1) is 0 Å². The molecule has 2 nitrogen and oxygen atoms in total. The van der Waals surface area contributed by atoms with Crippen LogP contribution in [0.2, 0.25) is 0 Å². The van der Waals surface area contributed by atoms with Crippen molar-refractivity contribution < 1.29 is 9.53 Å². The first kappa shape index (κ1) is 22.5. The van der Waals surface area contributed by atoms with Crippen molar-refractivity contribution >= 4 is 5.97 Å². The van der Waals surface area contributed by atoms with Gasteiger partial charge in [0.15, 0.2) is 0 Å². The van der Waals surface area contributed by atoms with Crippen LogP contribution in [0.15, 0.2) is 0 Å². The average molecular weight is 353 g/mol. The van der Waals surface area contributed by atoms with Crippen molar-refractivity contribution in [3.63, 3.8) is 0 Å². The van der Waals surface area contributed by atoms with Gasteiger partial charge in [0.2, 0.25) is 0 Å². The summed E-state index contributed by atoms with van der Waals surface area (Å²) in [6, 6.07) is 0. The highest BCUT2D eigenvalue weighted by Crippen LogP contribution is 2.26. The summed E-state index contributed by atoms with van der Waals surface area (Å²) in [5.41, 5.74) is 0. The summed E-state index contributed by atoms with van der Waals surface area (Å²) in [4.78, 5) is 11.9. The Hall–Kier alpha value is -0.530. The van der Waals surface area contributed by atoms with Crippen molar-refractivity contribution in [3.05, 3.63) is 0 Å². The van der Waals surface area contributed by atoms with E-state index in [2.05, 4.69) is 13.8 Å². The lowest BCUT2D eigenvalue weighted by Crippen LogP contribution is -2.24. The summed E-state index contributed by atoms with van der Waals surface area (Å²) in [6.07, 6.45) is 23.0. The van der Waals surface area contributed by atoms with Gasteiger partial charge in [-0.1, -0.05) is 97.3 Å². The predicted molar refractivity (Wildman–Crippen MR) is 108 cm³/mol. The second-order valence-electron chi connectivity index (χ2n) is 8.38. The Morgan fingerprint density at radius 2 is 1.32 bits per heavy atom. The van der Waals surface area contributed by atoms with Gasteiger partial charge in [-0.2, -0.15) is 0 Å². The molecule has 0 N–H and O–H groups in total. The molecule has 2 heteroatoms. The van der Waals surface area contributed by atoms with Crippen molar-refractivity contribution in [1.82, 2.24) is 0 Å². The number of hydrogen-bond acceptors (Lipinski definition) is 2. The zero-order chi connectivity index (χ0) is 18.2. The van der Waals surface area contributed by atoms with Gasteiger partial charge in [-0.3, -0.25) is 4.79 Å². The minimum Gasteiger partial charge on any atom is -0.462 e. The van der Waals surface area contributed by atoms with Crippen LogP contribution in [0.1, 0.15) is 129 Å². The average Bonchev–Trinajstić information content (AvgIpc) is 2.59. The highest BCUT2D eigenvalue weighted by Gasteiger charge is 2.21. The molecule has 0 aliphatic heterocycles. The fourth-order valence-electron chi connectivity index (χ4n) is 4.02. The maximum atomic E-state index is 11.9. The Balaban J connectivity index is 1.80. The molecule has 0 heterocycles. The number of esters is 1. The number of rotatable bonds is 15. The van der Waals surface area contributed by atoms with Crippen LogP contribution in [0.25, 0.3) is 0 Å². The van der Waals surface area contributed by atoms with Crippen LogP contribution in [0.5, 0.6) is 0 Å². The quantitative estimate of drug-likeness (QED) is 0.224. The Morgan fingerprint density at radius 3 is 1.84 bits per heavy atom. The van der Waals surface area contributed by atoms with Crippen molar-refractivity contribution in [3.8, 4) is 0 Å². The van der Waals surface area contributed by atoms with Gasteiger partial charge in [-0.25, -0.2) is 0 Å². The smallest absolute Gasteiger partial charge is 0.306 e. The zero-order valence-electron chi connectivity index (χ0n) is 17.2. The lowest BCUT2D eigenvalue weighted by molar-refractivity contribution is -0.151. The summed E-state index contributed by atoms with van der Waals surface area (Å²) in [5, 5.41) is 0. The number of ether oxygens (including phenoxy) is 1. The summed E-state index contributed by atoms with van der Waals surface area (Å²) in [7, 11) is 0. The summed E-state index contributed by atoms with van der Waals surface area (Å²) in [5.74, 6) is 0.769. The van der Waals surface area contributed by atoms with Gasteiger partial charge in [0.1, 0.15) is 6.10 Å². The Morgan fingerprint density at radius 1 is 0.800 bits per heavy atom. The molecule has 1 rings (SSSR count). The molecule has 148 valence electrons. The van der Waals surface area contributed by atoms with Gasteiger partial charge in [-0.05, 0) is 31.6 Å². The first-order valence-corrected chi connectivity index (χ1v) is 11.4. The molecular formula is C23H44O2. The first-order valence-electron chi connectivity index (χ1n) is 11.4. The van der Waals surface area contributed by atoms with Crippen LogP contribution >= 0.6 is 0 Å². The van der Waals surface area contributed by atoms with Crippen molar-refractivity contribution in [1.29, 1.82) is 0 Å². The van der Waals surface area contributed by atoms with Gasteiger partial charge < -0.3 is 4.74 Å². The Labute approximate surface area is 157 Å². The van der Waals surface area contributed by atoms with E-state index in [-0.39, 0.29) is 12.1 Å². The molecule has 0 aromatic carbocycles. The lowest BCUT2D eigenvalue weighted by Gasteiger charge is -2.26. The molecule has 0 bridgehead atoms.